The Morgan fingerprint density at radius 3 is 3.07 bits per heavy atom. The summed E-state index contributed by atoms with van der Waals surface area (Å²) in [5.41, 5.74) is 1.10. The predicted octanol–water partition coefficient (Wildman–Crippen LogP) is 1.19. The quantitative estimate of drug-likeness (QED) is 0.762. The molecule has 15 heavy (non-hydrogen) atoms. The van der Waals surface area contributed by atoms with Crippen LogP contribution in [0.25, 0.3) is 0 Å². The van der Waals surface area contributed by atoms with E-state index in [0.717, 1.165) is 30.3 Å². The summed E-state index contributed by atoms with van der Waals surface area (Å²) in [6.07, 6.45) is 1.18. The molecule has 1 aromatic rings. The first-order valence-corrected chi connectivity index (χ1v) is 5.29. The Hall–Kier alpha value is -1.42. The highest BCUT2D eigenvalue weighted by Gasteiger charge is 2.16. The summed E-state index contributed by atoms with van der Waals surface area (Å²) in [4.78, 5) is 0. The van der Waals surface area contributed by atoms with Gasteiger partial charge in [0, 0.05) is 24.3 Å². The van der Waals surface area contributed by atoms with E-state index in [1.54, 1.807) is 0 Å². The molecule has 0 saturated carbocycles. The van der Waals surface area contributed by atoms with E-state index in [1.807, 2.05) is 18.2 Å². The first kappa shape index (κ1) is 8.85. The maximum absolute atomic E-state index is 5.33. The van der Waals surface area contributed by atoms with Crippen LogP contribution in [0.4, 0.5) is 5.69 Å². The molecule has 2 aliphatic rings. The van der Waals surface area contributed by atoms with Crippen LogP contribution < -0.4 is 20.1 Å². The molecule has 2 heterocycles. The van der Waals surface area contributed by atoms with Crippen LogP contribution in [0.2, 0.25) is 0 Å². The average molecular weight is 206 g/mol. The molecule has 4 heteroatoms. The Balaban J connectivity index is 1.75. The highest BCUT2D eigenvalue weighted by atomic mass is 16.7. The van der Waals surface area contributed by atoms with Crippen LogP contribution in [-0.4, -0.2) is 25.9 Å². The van der Waals surface area contributed by atoms with Gasteiger partial charge in [0.25, 0.3) is 0 Å². The van der Waals surface area contributed by atoms with Crippen LogP contribution in [0.1, 0.15) is 6.42 Å². The fourth-order valence-corrected chi connectivity index (χ4v) is 2.00. The molecule has 4 nitrogen and oxygen atoms in total. The van der Waals surface area contributed by atoms with E-state index < -0.39 is 0 Å². The van der Waals surface area contributed by atoms with Crippen molar-refractivity contribution < 1.29 is 9.47 Å². The van der Waals surface area contributed by atoms with Crippen molar-refractivity contribution >= 4 is 5.69 Å². The molecule has 0 bridgehead atoms. The number of benzene rings is 1. The molecular weight excluding hydrogens is 192 g/mol. The standard InChI is InChI=1S/C11H14N2O2/c1-2-10-11(15-7-14-10)5-8(1)13-9-3-4-12-6-9/h1-2,5,9,12-13H,3-4,6-7H2. The first-order valence-electron chi connectivity index (χ1n) is 5.29. The van der Waals surface area contributed by atoms with Crippen molar-refractivity contribution in [3.05, 3.63) is 18.2 Å². The SMILES string of the molecule is c1cc2c(cc1NC1CCNC1)OCO2. The van der Waals surface area contributed by atoms with Crippen LogP contribution in [-0.2, 0) is 0 Å². The van der Waals surface area contributed by atoms with E-state index in [4.69, 9.17) is 9.47 Å². The summed E-state index contributed by atoms with van der Waals surface area (Å²) in [6, 6.07) is 6.52. The van der Waals surface area contributed by atoms with Crippen molar-refractivity contribution in [1.29, 1.82) is 0 Å². The maximum atomic E-state index is 5.33. The second-order valence-corrected chi connectivity index (χ2v) is 3.90. The van der Waals surface area contributed by atoms with E-state index in [9.17, 15) is 0 Å². The lowest BCUT2D eigenvalue weighted by atomic mass is 10.2. The van der Waals surface area contributed by atoms with Crippen LogP contribution in [0.5, 0.6) is 11.5 Å². The fraction of sp³-hybridized carbons (Fsp3) is 0.455. The zero-order valence-corrected chi connectivity index (χ0v) is 8.45. The van der Waals surface area contributed by atoms with Crippen molar-refractivity contribution in [3.63, 3.8) is 0 Å². The minimum atomic E-state index is 0.337. The molecule has 80 valence electrons. The molecule has 0 aromatic heterocycles. The lowest BCUT2D eigenvalue weighted by Gasteiger charge is -2.12. The second kappa shape index (κ2) is 3.62. The molecule has 0 spiro atoms. The van der Waals surface area contributed by atoms with Gasteiger partial charge in [0.2, 0.25) is 6.79 Å². The molecule has 3 rings (SSSR count). The molecule has 0 radical (unpaired) electrons. The van der Waals surface area contributed by atoms with Gasteiger partial charge < -0.3 is 20.1 Å². The third kappa shape index (κ3) is 1.72. The van der Waals surface area contributed by atoms with Crippen LogP contribution in [0.15, 0.2) is 18.2 Å². The normalized spacial score (nSPS) is 23.1. The fourth-order valence-electron chi connectivity index (χ4n) is 2.00. The van der Waals surface area contributed by atoms with Crippen LogP contribution >= 0.6 is 0 Å². The van der Waals surface area contributed by atoms with Gasteiger partial charge in [0.1, 0.15) is 0 Å². The molecule has 1 atom stereocenters. The number of fused-ring (bicyclic) bond motifs is 1. The third-order valence-electron chi connectivity index (χ3n) is 2.80. The van der Waals surface area contributed by atoms with E-state index in [0.29, 0.717) is 12.8 Å². The summed E-state index contributed by atoms with van der Waals surface area (Å²) >= 11 is 0. The molecule has 0 aliphatic carbocycles. The topological polar surface area (TPSA) is 42.5 Å². The summed E-state index contributed by atoms with van der Waals surface area (Å²) in [6.45, 7) is 2.47. The summed E-state index contributed by atoms with van der Waals surface area (Å²) in [5, 5.41) is 6.80. The van der Waals surface area contributed by atoms with E-state index in [-0.39, 0.29) is 0 Å². The van der Waals surface area contributed by atoms with Gasteiger partial charge in [-0.15, -0.1) is 0 Å². The number of ether oxygens (including phenoxy) is 2. The molecular formula is C11H14N2O2. The molecule has 0 amide bonds. The van der Waals surface area contributed by atoms with Crippen LogP contribution in [0.3, 0.4) is 0 Å². The van der Waals surface area contributed by atoms with Gasteiger partial charge >= 0.3 is 0 Å². The Kier molecular flexibility index (Phi) is 2.14. The number of nitrogens with one attached hydrogen (secondary N) is 2. The van der Waals surface area contributed by atoms with Crippen molar-refractivity contribution in [2.45, 2.75) is 12.5 Å². The zero-order valence-electron chi connectivity index (χ0n) is 8.45. The van der Waals surface area contributed by atoms with Crippen molar-refractivity contribution in [2.24, 2.45) is 0 Å². The highest BCUT2D eigenvalue weighted by molar-refractivity contribution is 5.56. The predicted molar refractivity (Wildman–Crippen MR) is 57.5 cm³/mol. The third-order valence-corrected chi connectivity index (χ3v) is 2.80. The van der Waals surface area contributed by atoms with Gasteiger partial charge in [-0.2, -0.15) is 0 Å². The molecule has 1 aromatic carbocycles. The Morgan fingerprint density at radius 2 is 2.20 bits per heavy atom. The smallest absolute Gasteiger partial charge is 0.231 e. The lowest BCUT2D eigenvalue weighted by molar-refractivity contribution is 0.174. The summed E-state index contributed by atoms with van der Waals surface area (Å²) in [7, 11) is 0. The van der Waals surface area contributed by atoms with Gasteiger partial charge in [0.15, 0.2) is 11.5 Å². The van der Waals surface area contributed by atoms with Crippen molar-refractivity contribution in [3.8, 4) is 11.5 Å². The zero-order chi connectivity index (χ0) is 10.1. The Labute approximate surface area is 88.6 Å². The summed E-state index contributed by atoms with van der Waals surface area (Å²) < 4.78 is 10.6. The van der Waals surface area contributed by atoms with Gasteiger partial charge in [0.05, 0.1) is 0 Å². The molecule has 1 saturated heterocycles. The average Bonchev–Trinajstić information content (AvgIpc) is 2.87. The van der Waals surface area contributed by atoms with Gasteiger partial charge in [-0.3, -0.25) is 0 Å². The second-order valence-electron chi connectivity index (χ2n) is 3.90. The number of hydrogen-bond donors (Lipinski definition) is 2. The maximum Gasteiger partial charge on any atom is 0.231 e. The first-order chi connectivity index (χ1) is 7.42. The Morgan fingerprint density at radius 1 is 1.27 bits per heavy atom. The van der Waals surface area contributed by atoms with E-state index in [1.165, 1.54) is 6.42 Å². The number of hydrogen-bond acceptors (Lipinski definition) is 4. The largest absolute Gasteiger partial charge is 0.454 e. The van der Waals surface area contributed by atoms with Gasteiger partial charge in [-0.05, 0) is 25.1 Å². The van der Waals surface area contributed by atoms with E-state index in [2.05, 4.69) is 10.6 Å². The molecule has 1 fully saturated rings. The minimum absolute atomic E-state index is 0.337. The number of anilines is 1. The van der Waals surface area contributed by atoms with Crippen LogP contribution in [0, 0.1) is 0 Å². The van der Waals surface area contributed by atoms with Gasteiger partial charge in [-0.1, -0.05) is 0 Å². The number of rotatable bonds is 2. The summed E-state index contributed by atoms with van der Waals surface area (Å²) in [5.74, 6) is 1.68. The highest BCUT2D eigenvalue weighted by Crippen LogP contribution is 2.34. The molecule has 2 aliphatic heterocycles. The minimum Gasteiger partial charge on any atom is -0.454 e. The lowest BCUT2D eigenvalue weighted by Crippen LogP contribution is -2.21. The van der Waals surface area contributed by atoms with Crippen molar-refractivity contribution in [2.75, 3.05) is 25.2 Å². The van der Waals surface area contributed by atoms with Gasteiger partial charge in [-0.25, -0.2) is 0 Å². The van der Waals surface area contributed by atoms with E-state index >= 15 is 0 Å². The molecule has 1 unspecified atom stereocenters. The van der Waals surface area contributed by atoms with Crippen molar-refractivity contribution in [1.82, 2.24) is 5.32 Å². The monoisotopic (exact) mass is 206 g/mol. The molecule has 2 N–H and O–H groups in total. The Bertz CT molecular complexity index is 362.